The SMILES string of the molecule is C1=NCCc2nc(-c3ccncc3)ncc21. The number of aromatic nitrogens is 3. The Labute approximate surface area is 93.1 Å². The lowest BCUT2D eigenvalue weighted by molar-refractivity contribution is 0.894. The van der Waals surface area contributed by atoms with E-state index < -0.39 is 0 Å². The zero-order valence-electron chi connectivity index (χ0n) is 8.67. The molecule has 4 nitrogen and oxygen atoms in total. The van der Waals surface area contributed by atoms with Gasteiger partial charge in [-0.05, 0) is 12.1 Å². The van der Waals surface area contributed by atoms with Crippen LogP contribution in [0, 0.1) is 0 Å². The number of pyridine rings is 1. The van der Waals surface area contributed by atoms with Crippen LogP contribution in [0.1, 0.15) is 11.3 Å². The largest absolute Gasteiger partial charge is 0.292 e. The lowest BCUT2D eigenvalue weighted by atomic mass is 10.1. The van der Waals surface area contributed by atoms with E-state index in [1.165, 1.54) is 0 Å². The number of rotatable bonds is 1. The maximum atomic E-state index is 4.55. The molecular weight excluding hydrogens is 200 g/mol. The minimum atomic E-state index is 0.761. The van der Waals surface area contributed by atoms with Crippen molar-refractivity contribution in [3.8, 4) is 11.4 Å². The van der Waals surface area contributed by atoms with E-state index in [-0.39, 0.29) is 0 Å². The third-order valence-corrected chi connectivity index (χ3v) is 2.55. The summed E-state index contributed by atoms with van der Waals surface area (Å²) in [7, 11) is 0. The molecule has 0 saturated heterocycles. The van der Waals surface area contributed by atoms with Crippen molar-refractivity contribution in [2.24, 2.45) is 4.99 Å². The Morgan fingerprint density at radius 2 is 2.00 bits per heavy atom. The van der Waals surface area contributed by atoms with Gasteiger partial charge in [0.05, 0.1) is 5.69 Å². The average molecular weight is 210 g/mol. The van der Waals surface area contributed by atoms with Crippen molar-refractivity contribution in [1.29, 1.82) is 0 Å². The van der Waals surface area contributed by atoms with Gasteiger partial charge in [0, 0.05) is 48.9 Å². The molecule has 4 heteroatoms. The second-order valence-electron chi connectivity index (χ2n) is 3.62. The molecule has 16 heavy (non-hydrogen) atoms. The van der Waals surface area contributed by atoms with Crippen LogP contribution in [0.5, 0.6) is 0 Å². The van der Waals surface area contributed by atoms with Gasteiger partial charge in [0.15, 0.2) is 5.82 Å². The molecule has 2 aromatic heterocycles. The van der Waals surface area contributed by atoms with Crippen molar-refractivity contribution < 1.29 is 0 Å². The fourth-order valence-corrected chi connectivity index (χ4v) is 1.71. The first kappa shape index (κ1) is 9.15. The van der Waals surface area contributed by atoms with E-state index in [1.54, 1.807) is 12.4 Å². The molecular formula is C12H10N4. The van der Waals surface area contributed by atoms with Crippen molar-refractivity contribution in [3.05, 3.63) is 42.0 Å². The molecule has 0 saturated carbocycles. The van der Waals surface area contributed by atoms with Crippen LogP contribution in [0.3, 0.4) is 0 Å². The monoisotopic (exact) mass is 210 g/mol. The van der Waals surface area contributed by atoms with Crippen molar-refractivity contribution in [3.63, 3.8) is 0 Å². The molecule has 0 fully saturated rings. The number of hydrogen-bond donors (Lipinski definition) is 0. The van der Waals surface area contributed by atoms with Gasteiger partial charge in [-0.1, -0.05) is 0 Å². The van der Waals surface area contributed by atoms with Gasteiger partial charge in [0.1, 0.15) is 0 Å². The van der Waals surface area contributed by atoms with Gasteiger partial charge in [-0.15, -0.1) is 0 Å². The molecule has 2 aromatic rings. The van der Waals surface area contributed by atoms with Crippen molar-refractivity contribution in [2.45, 2.75) is 6.42 Å². The van der Waals surface area contributed by atoms with Crippen LogP contribution in [0.15, 0.2) is 35.7 Å². The molecule has 1 aliphatic rings. The molecule has 0 N–H and O–H groups in total. The Morgan fingerprint density at radius 3 is 2.88 bits per heavy atom. The molecule has 0 aliphatic carbocycles. The van der Waals surface area contributed by atoms with Gasteiger partial charge < -0.3 is 0 Å². The summed E-state index contributed by atoms with van der Waals surface area (Å²) in [4.78, 5) is 17.1. The first-order chi connectivity index (χ1) is 7.93. The number of nitrogens with zero attached hydrogens (tertiary/aromatic N) is 4. The van der Waals surface area contributed by atoms with E-state index in [1.807, 2.05) is 24.5 Å². The fraction of sp³-hybridized carbons (Fsp3) is 0.167. The Bertz CT molecular complexity index is 534. The maximum absolute atomic E-state index is 4.55. The van der Waals surface area contributed by atoms with E-state index in [0.717, 1.165) is 35.6 Å². The first-order valence-electron chi connectivity index (χ1n) is 5.19. The van der Waals surface area contributed by atoms with Crippen molar-refractivity contribution in [2.75, 3.05) is 6.54 Å². The number of aliphatic imine (C=N–C) groups is 1. The lowest BCUT2D eigenvalue weighted by Crippen LogP contribution is -2.07. The third kappa shape index (κ3) is 1.58. The second kappa shape index (κ2) is 3.81. The summed E-state index contributed by atoms with van der Waals surface area (Å²) < 4.78 is 0. The highest BCUT2D eigenvalue weighted by Crippen LogP contribution is 2.16. The van der Waals surface area contributed by atoms with Crippen LogP contribution in [0.4, 0.5) is 0 Å². The molecule has 78 valence electrons. The Morgan fingerprint density at radius 1 is 1.12 bits per heavy atom. The fourth-order valence-electron chi connectivity index (χ4n) is 1.71. The van der Waals surface area contributed by atoms with Gasteiger partial charge in [0.25, 0.3) is 0 Å². The van der Waals surface area contributed by atoms with Gasteiger partial charge in [-0.2, -0.15) is 0 Å². The van der Waals surface area contributed by atoms with Crippen LogP contribution < -0.4 is 0 Å². The summed E-state index contributed by atoms with van der Waals surface area (Å²) in [5.41, 5.74) is 3.11. The highest BCUT2D eigenvalue weighted by atomic mass is 14.9. The Hall–Kier alpha value is -2.10. The van der Waals surface area contributed by atoms with E-state index in [4.69, 9.17) is 0 Å². The van der Waals surface area contributed by atoms with Crippen LogP contribution in [0.2, 0.25) is 0 Å². The molecule has 0 aromatic carbocycles. The number of hydrogen-bond acceptors (Lipinski definition) is 4. The van der Waals surface area contributed by atoms with Crippen molar-refractivity contribution >= 4 is 6.21 Å². The van der Waals surface area contributed by atoms with E-state index in [2.05, 4.69) is 19.9 Å². The van der Waals surface area contributed by atoms with Crippen LogP contribution >= 0.6 is 0 Å². The second-order valence-corrected chi connectivity index (χ2v) is 3.62. The van der Waals surface area contributed by atoms with E-state index in [0.29, 0.717) is 0 Å². The molecule has 0 atom stereocenters. The highest BCUT2D eigenvalue weighted by molar-refractivity contribution is 5.82. The van der Waals surface area contributed by atoms with Crippen LogP contribution in [0.25, 0.3) is 11.4 Å². The lowest BCUT2D eigenvalue weighted by Gasteiger charge is -2.09. The standard InChI is InChI=1S/C12H10N4/c1-4-13-5-2-9(1)12-15-8-10-7-14-6-3-11(10)16-12/h1-2,4-5,7-8H,3,6H2. The summed E-state index contributed by atoms with van der Waals surface area (Å²) in [6.07, 6.45) is 8.07. The molecule has 3 rings (SSSR count). The summed E-state index contributed by atoms with van der Waals surface area (Å²) in [6, 6.07) is 3.83. The smallest absolute Gasteiger partial charge is 0.159 e. The molecule has 3 heterocycles. The van der Waals surface area contributed by atoms with Crippen LogP contribution in [-0.2, 0) is 6.42 Å². The highest BCUT2D eigenvalue weighted by Gasteiger charge is 2.09. The summed E-state index contributed by atoms with van der Waals surface area (Å²) in [6.45, 7) is 0.819. The predicted molar refractivity (Wildman–Crippen MR) is 61.4 cm³/mol. The molecule has 0 bridgehead atoms. The average Bonchev–Trinajstić information content (AvgIpc) is 2.39. The van der Waals surface area contributed by atoms with E-state index >= 15 is 0 Å². The molecule has 0 spiro atoms. The third-order valence-electron chi connectivity index (χ3n) is 2.55. The van der Waals surface area contributed by atoms with E-state index in [9.17, 15) is 0 Å². The summed E-state index contributed by atoms with van der Waals surface area (Å²) >= 11 is 0. The van der Waals surface area contributed by atoms with Gasteiger partial charge in [0.2, 0.25) is 0 Å². The normalized spacial score (nSPS) is 13.5. The zero-order chi connectivity index (χ0) is 10.8. The van der Waals surface area contributed by atoms with Crippen molar-refractivity contribution in [1.82, 2.24) is 15.0 Å². The quantitative estimate of drug-likeness (QED) is 0.717. The molecule has 0 amide bonds. The van der Waals surface area contributed by atoms with Crippen LogP contribution in [-0.4, -0.2) is 27.7 Å². The maximum Gasteiger partial charge on any atom is 0.159 e. The minimum Gasteiger partial charge on any atom is -0.292 e. The predicted octanol–water partition coefficient (Wildman–Crippen LogP) is 1.51. The molecule has 0 unspecified atom stereocenters. The Balaban J connectivity index is 2.07. The molecule has 0 radical (unpaired) electrons. The summed E-state index contributed by atoms with van der Waals surface area (Å²) in [5.74, 6) is 0.761. The summed E-state index contributed by atoms with van der Waals surface area (Å²) in [5, 5.41) is 0. The first-order valence-corrected chi connectivity index (χ1v) is 5.19. The molecule has 1 aliphatic heterocycles. The zero-order valence-corrected chi connectivity index (χ0v) is 8.67. The minimum absolute atomic E-state index is 0.761. The van der Waals surface area contributed by atoms with Gasteiger partial charge in [-0.25, -0.2) is 9.97 Å². The Kier molecular flexibility index (Phi) is 2.18. The van der Waals surface area contributed by atoms with Gasteiger partial charge >= 0.3 is 0 Å². The van der Waals surface area contributed by atoms with Gasteiger partial charge in [-0.3, -0.25) is 9.98 Å². The number of fused-ring (bicyclic) bond motifs is 1. The topological polar surface area (TPSA) is 51.0 Å².